The molecule has 2 rings (SSSR count). The van der Waals surface area contributed by atoms with Gasteiger partial charge in [0, 0.05) is 15.6 Å². The monoisotopic (exact) mass is 380 g/mol. The highest BCUT2D eigenvalue weighted by Crippen LogP contribution is 2.34. The first-order valence-electron chi connectivity index (χ1n) is 5.50. The van der Waals surface area contributed by atoms with Crippen LogP contribution in [0.4, 0.5) is 8.78 Å². The molecule has 0 amide bonds. The highest BCUT2D eigenvalue weighted by atomic mass is 79.9. The number of nitrogens with one attached hydrogen (secondary N) is 1. The summed E-state index contributed by atoms with van der Waals surface area (Å²) in [5.41, 5.74) is 2.58. The van der Waals surface area contributed by atoms with Gasteiger partial charge in [-0.2, -0.15) is 0 Å². The van der Waals surface area contributed by atoms with Crippen molar-refractivity contribution in [2.75, 3.05) is 0 Å². The molecular weight excluding hydrogens is 373 g/mol. The third kappa shape index (κ3) is 2.97. The molecule has 2 nitrogen and oxygen atoms in total. The average molecular weight is 382 g/mol. The standard InChI is InChI=1S/C13H9BrCl2F2N2/c14-8-3-4-10(17)11(12(8)18)13(20-19)7-2-1-6(15)5-9(7)16/h1-5,13,20H,19H2. The first-order valence-corrected chi connectivity index (χ1v) is 7.05. The van der Waals surface area contributed by atoms with Gasteiger partial charge in [0.2, 0.25) is 0 Å². The molecule has 0 aliphatic carbocycles. The molecule has 0 aromatic heterocycles. The quantitative estimate of drug-likeness (QED) is 0.463. The molecule has 2 aromatic rings. The van der Waals surface area contributed by atoms with E-state index in [0.717, 1.165) is 6.07 Å². The summed E-state index contributed by atoms with van der Waals surface area (Å²) in [5.74, 6) is 3.98. The number of hydrazine groups is 1. The van der Waals surface area contributed by atoms with Crippen LogP contribution in [0.2, 0.25) is 10.0 Å². The molecule has 0 aliphatic rings. The third-order valence-electron chi connectivity index (χ3n) is 2.81. The molecular formula is C13H9BrCl2F2N2. The van der Waals surface area contributed by atoms with Crippen molar-refractivity contribution < 1.29 is 8.78 Å². The van der Waals surface area contributed by atoms with Crippen LogP contribution in [0, 0.1) is 11.6 Å². The maximum Gasteiger partial charge on any atom is 0.145 e. The van der Waals surface area contributed by atoms with Crippen LogP contribution in [0.1, 0.15) is 17.2 Å². The van der Waals surface area contributed by atoms with Crippen molar-refractivity contribution in [3.05, 3.63) is 67.6 Å². The van der Waals surface area contributed by atoms with Crippen LogP contribution < -0.4 is 11.3 Å². The third-order valence-corrected chi connectivity index (χ3v) is 3.98. The van der Waals surface area contributed by atoms with Gasteiger partial charge in [0.1, 0.15) is 11.6 Å². The Balaban J connectivity index is 2.61. The van der Waals surface area contributed by atoms with E-state index in [4.69, 9.17) is 29.0 Å². The van der Waals surface area contributed by atoms with Crippen molar-refractivity contribution in [3.8, 4) is 0 Å². The smallest absolute Gasteiger partial charge is 0.145 e. The maximum atomic E-state index is 14.1. The molecule has 0 heterocycles. The summed E-state index contributed by atoms with van der Waals surface area (Å²) >= 11 is 14.9. The topological polar surface area (TPSA) is 38.0 Å². The van der Waals surface area contributed by atoms with Crippen molar-refractivity contribution in [1.29, 1.82) is 0 Å². The summed E-state index contributed by atoms with van der Waals surface area (Å²) in [7, 11) is 0. The lowest BCUT2D eigenvalue weighted by atomic mass is 9.98. The SMILES string of the molecule is NNC(c1ccc(Cl)cc1Cl)c1c(F)ccc(Br)c1F. The lowest BCUT2D eigenvalue weighted by Crippen LogP contribution is -2.30. The predicted molar refractivity (Wildman–Crippen MR) is 79.7 cm³/mol. The Morgan fingerprint density at radius 3 is 2.45 bits per heavy atom. The lowest BCUT2D eigenvalue weighted by Gasteiger charge is -2.20. The van der Waals surface area contributed by atoms with Crippen LogP contribution >= 0.6 is 39.1 Å². The average Bonchev–Trinajstić information content (AvgIpc) is 2.40. The first-order chi connectivity index (χ1) is 9.45. The summed E-state index contributed by atoms with van der Waals surface area (Å²) in [6.07, 6.45) is 0. The van der Waals surface area contributed by atoms with Crippen molar-refractivity contribution in [1.82, 2.24) is 5.43 Å². The molecule has 0 fully saturated rings. The highest BCUT2D eigenvalue weighted by Gasteiger charge is 2.24. The second kappa shape index (κ2) is 6.37. The Kier molecular flexibility index (Phi) is 4.99. The van der Waals surface area contributed by atoms with Gasteiger partial charge in [0.15, 0.2) is 0 Å². The zero-order valence-corrected chi connectivity index (χ0v) is 13.0. The van der Waals surface area contributed by atoms with Crippen LogP contribution in [-0.4, -0.2) is 0 Å². The van der Waals surface area contributed by atoms with Crippen molar-refractivity contribution in [2.45, 2.75) is 6.04 Å². The number of hydrogen-bond acceptors (Lipinski definition) is 2. The molecule has 0 saturated heterocycles. The normalized spacial score (nSPS) is 12.5. The molecule has 1 unspecified atom stereocenters. The van der Waals surface area contributed by atoms with Crippen LogP contribution in [0.3, 0.4) is 0 Å². The van der Waals surface area contributed by atoms with Crippen LogP contribution in [0.5, 0.6) is 0 Å². The van der Waals surface area contributed by atoms with Crippen LogP contribution in [0.15, 0.2) is 34.8 Å². The molecule has 20 heavy (non-hydrogen) atoms. The van der Waals surface area contributed by atoms with Crippen molar-refractivity contribution >= 4 is 39.1 Å². The van der Waals surface area contributed by atoms with E-state index in [1.807, 2.05) is 0 Å². The van der Waals surface area contributed by atoms with Gasteiger partial charge in [0.25, 0.3) is 0 Å². The number of hydrogen-bond donors (Lipinski definition) is 2. The molecule has 0 radical (unpaired) electrons. The molecule has 0 bridgehead atoms. The first kappa shape index (κ1) is 15.7. The van der Waals surface area contributed by atoms with Gasteiger partial charge in [0.05, 0.1) is 10.5 Å². The van der Waals surface area contributed by atoms with Crippen LogP contribution in [0.25, 0.3) is 0 Å². The Hall–Kier alpha value is -0.720. The lowest BCUT2D eigenvalue weighted by molar-refractivity contribution is 0.507. The fourth-order valence-corrected chi connectivity index (χ4v) is 2.73. The summed E-state index contributed by atoms with van der Waals surface area (Å²) in [6, 6.07) is 6.12. The van der Waals surface area contributed by atoms with E-state index in [9.17, 15) is 8.78 Å². The minimum Gasteiger partial charge on any atom is -0.271 e. The minimum atomic E-state index is -0.933. The molecule has 106 valence electrons. The van der Waals surface area contributed by atoms with E-state index in [1.165, 1.54) is 12.1 Å². The summed E-state index contributed by atoms with van der Waals surface area (Å²) in [4.78, 5) is 0. The van der Waals surface area contributed by atoms with Gasteiger partial charge in [-0.1, -0.05) is 29.3 Å². The molecule has 2 aromatic carbocycles. The van der Waals surface area contributed by atoms with Gasteiger partial charge in [-0.15, -0.1) is 0 Å². The minimum absolute atomic E-state index is 0.138. The Bertz CT molecular complexity index is 653. The molecule has 1 atom stereocenters. The Morgan fingerprint density at radius 1 is 1.15 bits per heavy atom. The fraction of sp³-hybridized carbons (Fsp3) is 0.0769. The summed E-state index contributed by atoms with van der Waals surface area (Å²) in [5, 5.41) is 0.684. The fourth-order valence-electron chi connectivity index (χ4n) is 1.87. The van der Waals surface area contributed by atoms with Crippen molar-refractivity contribution in [3.63, 3.8) is 0 Å². The number of nitrogens with two attached hydrogens (primary N) is 1. The molecule has 3 N–H and O–H groups in total. The Labute approximate surface area is 133 Å². The number of benzene rings is 2. The Morgan fingerprint density at radius 2 is 1.85 bits per heavy atom. The zero-order valence-electron chi connectivity index (χ0n) is 9.93. The highest BCUT2D eigenvalue weighted by molar-refractivity contribution is 9.10. The molecule has 7 heteroatoms. The molecule has 0 saturated carbocycles. The zero-order chi connectivity index (χ0) is 14.9. The van der Waals surface area contributed by atoms with E-state index in [2.05, 4.69) is 21.4 Å². The van der Waals surface area contributed by atoms with Crippen molar-refractivity contribution in [2.24, 2.45) is 5.84 Å². The van der Waals surface area contributed by atoms with Gasteiger partial charge in [-0.25, -0.2) is 14.2 Å². The predicted octanol–water partition coefficient (Wildman–Crippen LogP) is 4.59. The summed E-state index contributed by atoms with van der Waals surface area (Å²) in [6.45, 7) is 0. The van der Waals surface area contributed by atoms with Gasteiger partial charge < -0.3 is 0 Å². The second-order valence-corrected chi connectivity index (χ2v) is 5.72. The van der Waals surface area contributed by atoms with E-state index in [0.29, 0.717) is 10.6 Å². The number of halogens is 5. The number of rotatable bonds is 3. The maximum absolute atomic E-state index is 14.1. The van der Waals surface area contributed by atoms with E-state index >= 15 is 0 Å². The summed E-state index contributed by atoms with van der Waals surface area (Å²) < 4.78 is 28.2. The van der Waals surface area contributed by atoms with Gasteiger partial charge in [-0.05, 0) is 45.8 Å². The van der Waals surface area contributed by atoms with Crippen LogP contribution in [-0.2, 0) is 0 Å². The van der Waals surface area contributed by atoms with E-state index in [-0.39, 0.29) is 15.1 Å². The molecule has 0 aliphatic heterocycles. The van der Waals surface area contributed by atoms with Gasteiger partial charge in [-0.3, -0.25) is 5.84 Å². The molecule has 0 spiro atoms. The van der Waals surface area contributed by atoms with E-state index < -0.39 is 17.7 Å². The van der Waals surface area contributed by atoms with E-state index in [1.54, 1.807) is 12.1 Å². The van der Waals surface area contributed by atoms with Gasteiger partial charge >= 0.3 is 0 Å². The second-order valence-electron chi connectivity index (χ2n) is 4.02. The largest absolute Gasteiger partial charge is 0.271 e.